The minimum Gasteiger partial charge on any atom is -0.462 e. The second kappa shape index (κ2) is 26.2. The molecule has 0 aliphatic heterocycles. The summed E-state index contributed by atoms with van der Waals surface area (Å²) in [6.07, 6.45) is 18.7. The molecule has 0 aliphatic rings. The van der Waals surface area contributed by atoms with Gasteiger partial charge in [-0.05, 0) is 12.8 Å². The van der Waals surface area contributed by atoms with Crippen LogP contribution in [0.2, 0.25) is 0 Å². The van der Waals surface area contributed by atoms with Crippen molar-refractivity contribution in [2.24, 2.45) is 5.73 Å². The normalized spacial score (nSPS) is 13.7. The molecule has 226 valence electrons. The first kappa shape index (κ1) is 37.0. The van der Waals surface area contributed by atoms with E-state index >= 15 is 0 Å². The first-order valence-electron chi connectivity index (χ1n) is 15.0. The Morgan fingerprint density at radius 3 is 1.61 bits per heavy atom. The van der Waals surface area contributed by atoms with Gasteiger partial charge in [-0.2, -0.15) is 0 Å². The molecule has 0 saturated heterocycles. The molecule has 0 aliphatic carbocycles. The average Bonchev–Trinajstić information content (AvgIpc) is 2.89. The number of carbonyl (C=O) groups is 2. The van der Waals surface area contributed by atoms with Crippen molar-refractivity contribution in [1.82, 2.24) is 0 Å². The van der Waals surface area contributed by atoms with Crippen LogP contribution in [0.15, 0.2) is 0 Å². The van der Waals surface area contributed by atoms with Crippen LogP contribution in [0.4, 0.5) is 0 Å². The van der Waals surface area contributed by atoms with Crippen LogP contribution in [-0.2, 0) is 32.7 Å². The van der Waals surface area contributed by atoms with Crippen LogP contribution in [0.3, 0.4) is 0 Å². The summed E-state index contributed by atoms with van der Waals surface area (Å²) < 4.78 is 32.3. The van der Waals surface area contributed by atoms with Crippen molar-refractivity contribution in [1.29, 1.82) is 0 Å². The summed E-state index contributed by atoms with van der Waals surface area (Å²) >= 11 is 0. The Morgan fingerprint density at radius 2 is 1.13 bits per heavy atom. The highest BCUT2D eigenvalue weighted by Crippen LogP contribution is 2.43. The van der Waals surface area contributed by atoms with Crippen molar-refractivity contribution < 1.29 is 37.6 Å². The Balaban J connectivity index is 4.32. The fourth-order valence-corrected chi connectivity index (χ4v) is 4.75. The molecule has 0 aromatic heterocycles. The summed E-state index contributed by atoms with van der Waals surface area (Å²) in [5.74, 6) is -0.835. The highest BCUT2D eigenvalue weighted by atomic mass is 31.2. The summed E-state index contributed by atoms with van der Waals surface area (Å²) in [6.45, 7) is 3.64. The topological polar surface area (TPSA) is 134 Å². The number of carbonyl (C=O) groups excluding carboxylic acids is 2. The predicted octanol–water partition coefficient (Wildman–Crippen LogP) is 6.99. The number of hydrogen-bond donors (Lipinski definition) is 2. The van der Waals surface area contributed by atoms with Gasteiger partial charge in [-0.3, -0.25) is 18.6 Å². The molecule has 9 nitrogen and oxygen atoms in total. The van der Waals surface area contributed by atoms with Crippen LogP contribution in [0.1, 0.15) is 136 Å². The van der Waals surface area contributed by atoms with E-state index in [0.29, 0.717) is 6.42 Å². The van der Waals surface area contributed by atoms with Crippen LogP contribution in [0, 0.1) is 0 Å². The smallest absolute Gasteiger partial charge is 0.462 e. The van der Waals surface area contributed by atoms with Gasteiger partial charge in [-0.15, -0.1) is 0 Å². The van der Waals surface area contributed by atoms with Gasteiger partial charge in [-0.1, -0.05) is 110 Å². The molecule has 0 radical (unpaired) electrons. The highest BCUT2D eigenvalue weighted by Gasteiger charge is 2.25. The van der Waals surface area contributed by atoms with E-state index in [0.717, 1.165) is 38.5 Å². The van der Waals surface area contributed by atoms with Crippen LogP contribution >= 0.6 is 7.82 Å². The lowest BCUT2D eigenvalue weighted by atomic mass is 10.1. The lowest BCUT2D eigenvalue weighted by Crippen LogP contribution is -2.29. The second-order valence-electron chi connectivity index (χ2n) is 9.98. The van der Waals surface area contributed by atoms with Crippen molar-refractivity contribution in [3.8, 4) is 0 Å². The largest absolute Gasteiger partial charge is 0.472 e. The zero-order valence-electron chi connectivity index (χ0n) is 24.2. The van der Waals surface area contributed by atoms with E-state index in [4.69, 9.17) is 24.3 Å². The lowest BCUT2D eigenvalue weighted by molar-refractivity contribution is -0.161. The molecule has 0 heterocycles. The highest BCUT2D eigenvalue weighted by molar-refractivity contribution is 7.47. The number of phosphoric acid groups is 1. The molecular weight excluding hydrogens is 509 g/mol. The molecule has 0 saturated carbocycles. The summed E-state index contributed by atoms with van der Waals surface area (Å²) in [5.41, 5.74) is 5.29. The molecule has 0 aromatic carbocycles. The molecule has 3 N–H and O–H groups in total. The maximum absolute atomic E-state index is 12.3. The van der Waals surface area contributed by atoms with E-state index in [1.54, 1.807) is 0 Å². The van der Waals surface area contributed by atoms with E-state index in [9.17, 15) is 19.0 Å². The molecule has 0 bridgehead atoms. The molecule has 0 fully saturated rings. The molecule has 0 spiro atoms. The Bertz CT molecular complexity index is 620. The molecule has 1 unspecified atom stereocenters. The van der Waals surface area contributed by atoms with Crippen LogP contribution in [0.5, 0.6) is 0 Å². The lowest BCUT2D eigenvalue weighted by Gasteiger charge is -2.19. The third kappa shape index (κ3) is 25.3. The van der Waals surface area contributed by atoms with Crippen LogP contribution in [0.25, 0.3) is 0 Å². The van der Waals surface area contributed by atoms with E-state index in [2.05, 4.69) is 13.8 Å². The molecule has 10 heteroatoms. The maximum atomic E-state index is 12.3. The zero-order chi connectivity index (χ0) is 28.3. The molecule has 0 rings (SSSR count). The second-order valence-corrected chi connectivity index (χ2v) is 11.4. The fraction of sp³-hybridized carbons (Fsp3) is 0.929. The Morgan fingerprint density at radius 1 is 0.684 bits per heavy atom. The third-order valence-corrected chi connectivity index (χ3v) is 7.23. The Hall–Kier alpha value is -0.990. The third-order valence-electron chi connectivity index (χ3n) is 6.24. The van der Waals surface area contributed by atoms with E-state index in [1.807, 2.05) is 0 Å². The number of phosphoric ester groups is 1. The monoisotopic (exact) mass is 565 g/mol. The van der Waals surface area contributed by atoms with Crippen molar-refractivity contribution >= 4 is 19.8 Å². The standard InChI is InChI=1S/C28H56NO8P/c1-3-5-7-9-11-12-13-15-16-18-20-27(30)34-24-26(25-36-38(32,33)35-23-22-29)37-28(31)21-19-17-14-10-8-6-4-2/h26H,3-25,29H2,1-2H3,(H,32,33)/t26-/m1/s1. The Labute approximate surface area is 231 Å². The van der Waals surface area contributed by atoms with Gasteiger partial charge < -0.3 is 20.1 Å². The fourth-order valence-electron chi connectivity index (χ4n) is 3.98. The number of esters is 2. The van der Waals surface area contributed by atoms with Crippen molar-refractivity contribution in [2.45, 2.75) is 142 Å². The van der Waals surface area contributed by atoms with Gasteiger partial charge in [0.25, 0.3) is 0 Å². The average molecular weight is 566 g/mol. The molecular formula is C28H56NO8P. The van der Waals surface area contributed by atoms with Gasteiger partial charge in [0.05, 0.1) is 13.2 Å². The minimum atomic E-state index is -4.34. The van der Waals surface area contributed by atoms with Gasteiger partial charge in [-0.25, -0.2) is 4.57 Å². The van der Waals surface area contributed by atoms with E-state index in [1.165, 1.54) is 64.2 Å². The van der Waals surface area contributed by atoms with Crippen molar-refractivity contribution in [3.63, 3.8) is 0 Å². The van der Waals surface area contributed by atoms with Crippen molar-refractivity contribution in [3.05, 3.63) is 0 Å². The zero-order valence-corrected chi connectivity index (χ0v) is 25.1. The van der Waals surface area contributed by atoms with Crippen molar-refractivity contribution in [2.75, 3.05) is 26.4 Å². The molecule has 0 aromatic rings. The number of nitrogens with two attached hydrogens (primary N) is 1. The summed E-state index contributed by atoms with van der Waals surface area (Å²) in [7, 11) is -4.34. The van der Waals surface area contributed by atoms with Gasteiger partial charge in [0.2, 0.25) is 0 Å². The maximum Gasteiger partial charge on any atom is 0.472 e. The van der Waals surface area contributed by atoms with Gasteiger partial charge in [0.1, 0.15) is 6.61 Å². The minimum absolute atomic E-state index is 0.0569. The van der Waals surface area contributed by atoms with Crippen LogP contribution < -0.4 is 5.73 Å². The summed E-state index contributed by atoms with van der Waals surface area (Å²) in [4.78, 5) is 34.2. The quantitative estimate of drug-likeness (QED) is 0.0585. The van der Waals surface area contributed by atoms with Gasteiger partial charge >= 0.3 is 19.8 Å². The van der Waals surface area contributed by atoms with E-state index in [-0.39, 0.29) is 38.6 Å². The van der Waals surface area contributed by atoms with Crippen LogP contribution in [-0.4, -0.2) is 49.3 Å². The number of unbranched alkanes of at least 4 members (excludes halogenated alkanes) is 15. The van der Waals surface area contributed by atoms with E-state index < -0.39 is 26.5 Å². The number of ether oxygens (including phenoxy) is 2. The molecule has 0 amide bonds. The summed E-state index contributed by atoms with van der Waals surface area (Å²) in [5, 5.41) is 0. The summed E-state index contributed by atoms with van der Waals surface area (Å²) in [6, 6.07) is 0. The first-order valence-corrected chi connectivity index (χ1v) is 16.5. The molecule has 38 heavy (non-hydrogen) atoms. The first-order chi connectivity index (χ1) is 18.3. The number of rotatable bonds is 28. The van der Waals surface area contributed by atoms with Gasteiger partial charge in [0.15, 0.2) is 6.10 Å². The van der Waals surface area contributed by atoms with Gasteiger partial charge in [0, 0.05) is 19.4 Å². The SMILES string of the molecule is CCCCCCCCCCCCC(=O)OC[C@H](COP(=O)(O)OCCN)OC(=O)CCCCCCCCC. The Kier molecular flexibility index (Phi) is 25.6. The molecule has 2 atom stereocenters. The predicted molar refractivity (Wildman–Crippen MR) is 151 cm³/mol. The number of hydrogen-bond acceptors (Lipinski definition) is 8.